The summed E-state index contributed by atoms with van der Waals surface area (Å²) < 4.78 is 22.3. The number of nitrogens with zero attached hydrogens (tertiary/aromatic N) is 1. The van der Waals surface area contributed by atoms with Crippen LogP contribution in [-0.4, -0.2) is 54.4 Å². The fourth-order valence-electron chi connectivity index (χ4n) is 1.66. The molecular weight excluding hydrogens is 222 g/mol. The molecule has 6 nitrogen and oxygen atoms in total. The van der Waals surface area contributed by atoms with E-state index < -0.39 is 34.3 Å². The number of rotatable bonds is 3. The zero-order chi connectivity index (χ0) is 11.6. The van der Waals surface area contributed by atoms with Gasteiger partial charge in [0, 0.05) is 13.0 Å². The largest absolute Gasteiger partial charge is 0.480 e. The Balaban J connectivity index is 2.74. The maximum atomic E-state index is 11.2. The highest BCUT2D eigenvalue weighted by atomic mass is 32.2. The lowest BCUT2D eigenvalue weighted by Crippen LogP contribution is -2.42. The standard InChI is InChI=1S/C8H13NO5S/c1-6(10)9(4-8(11)12)7-2-3-15(13,14)5-7/h7H,2-5H2,1H3,(H,11,12). The molecular formula is C8H13NO5S. The van der Waals surface area contributed by atoms with Crippen molar-refractivity contribution < 1.29 is 23.1 Å². The smallest absolute Gasteiger partial charge is 0.323 e. The third-order valence-corrected chi connectivity index (χ3v) is 4.11. The predicted octanol–water partition coefficient (Wildman–Crippen LogP) is -0.893. The number of hydrogen-bond acceptors (Lipinski definition) is 4. The lowest BCUT2D eigenvalue weighted by atomic mass is 10.2. The van der Waals surface area contributed by atoms with Gasteiger partial charge >= 0.3 is 5.97 Å². The van der Waals surface area contributed by atoms with Gasteiger partial charge < -0.3 is 10.0 Å². The van der Waals surface area contributed by atoms with E-state index in [0.717, 1.165) is 4.90 Å². The van der Waals surface area contributed by atoms with Gasteiger partial charge in [0.2, 0.25) is 5.91 Å². The van der Waals surface area contributed by atoms with Crippen molar-refractivity contribution >= 4 is 21.7 Å². The average molecular weight is 235 g/mol. The van der Waals surface area contributed by atoms with Crippen molar-refractivity contribution in [2.24, 2.45) is 0 Å². The summed E-state index contributed by atoms with van der Waals surface area (Å²) in [5.74, 6) is -1.63. The van der Waals surface area contributed by atoms with E-state index in [2.05, 4.69) is 0 Å². The van der Waals surface area contributed by atoms with E-state index >= 15 is 0 Å². The summed E-state index contributed by atoms with van der Waals surface area (Å²) in [5.41, 5.74) is 0. The SMILES string of the molecule is CC(=O)N(CC(=O)O)C1CCS(=O)(=O)C1. The second kappa shape index (κ2) is 4.18. The quantitative estimate of drug-likeness (QED) is 0.685. The van der Waals surface area contributed by atoms with Gasteiger partial charge in [-0.15, -0.1) is 0 Å². The molecule has 0 aromatic heterocycles. The molecule has 1 atom stereocenters. The first-order valence-corrected chi connectivity index (χ1v) is 6.33. The van der Waals surface area contributed by atoms with Crippen LogP contribution in [0.15, 0.2) is 0 Å². The van der Waals surface area contributed by atoms with Gasteiger partial charge in [-0.1, -0.05) is 0 Å². The lowest BCUT2D eigenvalue weighted by molar-refractivity contribution is -0.144. The Morgan fingerprint density at radius 3 is 2.40 bits per heavy atom. The van der Waals surface area contributed by atoms with Crippen molar-refractivity contribution in [2.75, 3.05) is 18.1 Å². The highest BCUT2D eigenvalue weighted by Gasteiger charge is 2.34. The highest BCUT2D eigenvalue weighted by Crippen LogP contribution is 2.17. The van der Waals surface area contributed by atoms with Gasteiger partial charge in [-0.25, -0.2) is 8.42 Å². The topological polar surface area (TPSA) is 91.8 Å². The molecule has 1 heterocycles. The Bertz CT molecular complexity index is 374. The molecule has 1 saturated heterocycles. The summed E-state index contributed by atoms with van der Waals surface area (Å²) in [7, 11) is -3.10. The van der Waals surface area contributed by atoms with Crippen LogP contribution in [-0.2, 0) is 19.4 Å². The summed E-state index contributed by atoms with van der Waals surface area (Å²) in [6.07, 6.45) is 0.329. The maximum Gasteiger partial charge on any atom is 0.323 e. The molecule has 0 bridgehead atoms. The van der Waals surface area contributed by atoms with E-state index in [4.69, 9.17) is 5.11 Å². The van der Waals surface area contributed by atoms with Crippen LogP contribution in [0.3, 0.4) is 0 Å². The van der Waals surface area contributed by atoms with Gasteiger partial charge in [0.25, 0.3) is 0 Å². The van der Waals surface area contributed by atoms with Gasteiger partial charge in [-0.3, -0.25) is 9.59 Å². The molecule has 1 fully saturated rings. The Morgan fingerprint density at radius 1 is 1.47 bits per heavy atom. The van der Waals surface area contributed by atoms with Crippen LogP contribution in [0.1, 0.15) is 13.3 Å². The first-order valence-electron chi connectivity index (χ1n) is 4.51. The number of carboxylic acid groups (broad SMARTS) is 1. The van der Waals surface area contributed by atoms with Gasteiger partial charge in [0.1, 0.15) is 6.54 Å². The van der Waals surface area contributed by atoms with Gasteiger partial charge in [-0.05, 0) is 6.42 Å². The summed E-state index contributed by atoms with van der Waals surface area (Å²) in [5, 5.41) is 8.58. The zero-order valence-electron chi connectivity index (χ0n) is 8.34. The molecule has 86 valence electrons. The monoisotopic (exact) mass is 235 g/mol. The summed E-state index contributed by atoms with van der Waals surface area (Å²) >= 11 is 0. The molecule has 7 heteroatoms. The average Bonchev–Trinajstić information content (AvgIpc) is 2.41. The summed E-state index contributed by atoms with van der Waals surface area (Å²) in [6.45, 7) is 0.809. The molecule has 0 spiro atoms. The van der Waals surface area contributed by atoms with Crippen LogP contribution in [0, 0.1) is 0 Å². The molecule has 1 aliphatic heterocycles. The minimum atomic E-state index is -3.10. The van der Waals surface area contributed by atoms with Crippen LogP contribution in [0.5, 0.6) is 0 Å². The molecule has 15 heavy (non-hydrogen) atoms. The molecule has 0 aromatic carbocycles. The first kappa shape index (κ1) is 12.0. The second-order valence-electron chi connectivity index (χ2n) is 3.60. The predicted molar refractivity (Wildman–Crippen MR) is 52.1 cm³/mol. The summed E-state index contributed by atoms with van der Waals surface area (Å²) in [4.78, 5) is 22.7. The maximum absolute atomic E-state index is 11.2. The van der Waals surface area contributed by atoms with Crippen molar-refractivity contribution in [3.05, 3.63) is 0 Å². The fraction of sp³-hybridized carbons (Fsp3) is 0.750. The summed E-state index contributed by atoms with van der Waals surface area (Å²) in [6, 6.07) is -0.483. The molecule has 0 radical (unpaired) electrons. The third kappa shape index (κ3) is 3.19. The Morgan fingerprint density at radius 2 is 2.07 bits per heavy atom. The van der Waals surface area contributed by atoms with Gasteiger partial charge in [0.15, 0.2) is 9.84 Å². The Labute approximate surface area is 87.8 Å². The zero-order valence-corrected chi connectivity index (χ0v) is 9.16. The molecule has 0 aliphatic carbocycles. The molecule has 0 saturated carbocycles. The van der Waals surface area contributed by atoms with Crippen LogP contribution in [0.25, 0.3) is 0 Å². The normalized spacial score (nSPS) is 23.7. The van der Waals surface area contributed by atoms with Crippen molar-refractivity contribution in [1.82, 2.24) is 4.90 Å². The second-order valence-corrected chi connectivity index (χ2v) is 5.83. The van der Waals surface area contributed by atoms with Crippen molar-refractivity contribution in [3.63, 3.8) is 0 Å². The van der Waals surface area contributed by atoms with Crippen molar-refractivity contribution in [3.8, 4) is 0 Å². The molecule has 1 amide bonds. The van der Waals surface area contributed by atoms with E-state index in [1.807, 2.05) is 0 Å². The number of amides is 1. The lowest BCUT2D eigenvalue weighted by Gasteiger charge is -2.24. The highest BCUT2D eigenvalue weighted by molar-refractivity contribution is 7.91. The number of carbonyl (C=O) groups excluding carboxylic acids is 1. The van der Waals surface area contributed by atoms with Crippen molar-refractivity contribution in [1.29, 1.82) is 0 Å². The van der Waals surface area contributed by atoms with Crippen LogP contribution in [0.2, 0.25) is 0 Å². The first-order chi connectivity index (χ1) is 6.82. The third-order valence-electron chi connectivity index (χ3n) is 2.36. The number of aliphatic carboxylic acids is 1. The molecule has 1 aliphatic rings. The van der Waals surface area contributed by atoms with Gasteiger partial charge in [0.05, 0.1) is 11.5 Å². The molecule has 1 N–H and O–H groups in total. The number of sulfone groups is 1. The van der Waals surface area contributed by atoms with Crippen LogP contribution in [0.4, 0.5) is 0 Å². The van der Waals surface area contributed by atoms with Crippen molar-refractivity contribution in [2.45, 2.75) is 19.4 Å². The number of carbonyl (C=O) groups is 2. The van der Waals surface area contributed by atoms with E-state index in [0.29, 0.717) is 6.42 Å². The van der Waals surface area contributed by atoms with Crippen LogP contribution >= 0.6 is 0 Å². The van der Waals surface area contributed by atoms with E-state index in [-0.39, 0.29) is 11.5 Å². The fourth-order valence-corrected chi connectivity index (χ4v) is 3.40. The van der Waals surface area contributed by atoms with E-state index in [9.17, 15) is 18.0 Å². The molecule has 1 unspecified atom stereocenters. The van der Waals surface area contributed by atoms with Gasteiger partial charge in [-0.2, -0.15) is 0 Å². The Kier molecular flexibility index (Phi) is 3.33. The van der Waals surface area contributed by atoms with Crippen LogP contribution < -0.4 is 0 Å². The minimum absolute atomic E-state index is 0.0288. The Hall–Kier alpha value is -1.11. The number of hydrogen-bond donors (Lipinski definition) is 1. The molecule has 0 aromatic rings. The van der Waals surface area contributed by atoms with E-state index in [1.165, 1.54) is 6.92 Å². The number of carboxylic acids is 1. The van der Waals surface area contributed by atoms with E-state index in [1.54, 1.807) is 0 Å². The minimum Gasteiger partial charge on any atom is -0.480 e. The molecule has 1 rings (SSSR count).